The van der Waals surface area contributed by atoms with Crippen molar-refractivity contribution in [2.75, 3.05) is 46.4 Å². The molecule has 3 heterocycles. The molecule has 0 radical (unpaired) electrons. The highest BCUT2D eigenvalue weighted by molar-refractivity contribution is 14.0. The summed E-state index contributed by atoms with van der Waals surface area (Å²) in [6.45, 7) is 7.91. The van der Waals surface area contributed by atoms with Crippen molar-refractivity contribution < 1.29 is 9.53 Å². The summed E-state index contributed by atoms with van der Waals surface area (Å²) < 4.78 is 5.07. The lowest BCUT2D eigenvalue weighted by Gasteiger charge is -2.35. The minimum atomic E-state index is -0.228. The zero-order valence-electron chi connectivity index (χ0n) is 17.0. The number of carbonyl (C=O) groups is 1. The van der Waals surface area contributed by atoms with Crippen molar-refractivity contribution in [1.29, 1.82) is 0 Å². The molecule has 0 aromatic carbocycles. The molecule has 1 aliphatic heterocycles. The van der Waals surface area contributed by atoms with Gasteiger partial charge in [-0.25, -0.2) is 9.78 Å². The van der Waals surface area contributed by atoms with Gasteiger partial charge in [-0.2, -0.15) is 0 Å². The second-order valence-corrected chi connectivity index (χ2v) is 8.65. The molecule has 1 fully saturated rings. The van der Waals surface area contributed by atoms with Crippen molar-refractivity contribution in [2.45, 2.75) is 20.3 Å². The van der Waals surface area contributed by atoms with Gasteiger partial charge in [0.25, 0.3) is 0 Å². The largest absolute Gasteiger partial charge is 0.450 e. The van der Waals surface area contributed by atoms with Gasteiger partial charge in [0.2, 0.25) is 0 Å². The fourth-order valence-electron chi connectivity index (χ4n) is 3.07. The van der Waals surface area contributed by atoms with Crippen molar-refractivity contribution in [2.24, 2.45) is 4.99 Å². The number of halogens is 1. The highest BCUT2D eigenvalue weighted by atomic mass is 127. The van der Waals surface area contributed by atoms with E-state index in [1.807, 2.05) is 13.8 Å². The summed E-state index contributed by atoms with van der Waals surface area (Å²) in [6, 6.07) is 4.33. The first-order valence-electron chi connectivity index (χ1n) is 9.49. The molecule has 1 amide bonds. The van der Waals surface area contributed by atoms with E-state index in [9.17, 15) is 4.79 Å². The van der Waals surface area contributed by atoms with Crippen LogP contribution in [-0.2, 0) is 11.2 Å². The van der Waals surface area contributed by atoms with Gasteiger partial charge in [-0.05, 0) is 32.4 Å². The molecule has 1 aliphatic rings. The summed E-state index contributed by atoms with van der Waals surface area (Å²) in [5.41, 5.74) is 1.07. The second-order valence-electron chi connectivity index (χ2n) is 6.41. The van der Waals surface area contributed by atoms with Gasteiger partial charge in [0.05, 0.1) is 22.2 Å². The molecule has 7 nitrogen and oxygen atoms in total. The van der Waals surface area contributed by atoms with Crippen LogP contribution >= 0.6 is 46.7 Å². The number of piperazine rings is 1. The standard InChI is InChI=1S/C19H27N5O2S2.HI/c1-4-26-19(25)24-11-9-23(10-12-24)18(20-3)21-8-7-15-5-6-17(28-15)16-13-27-14(2)22-16;/h5-6,13H,4,7-12H2,1-3H3,(H,20,21);1H. The average Bonchev–Trinajstić information content (AvgIpc) is 3.34. The van der Waals surface area contributed by atoms with Crippen LogP contribution in [0.1, 0.15) is 16.8 Å². The van der Waals surface area contributed by atoms with E-state index in [1.54, 1.807) is 34.6 Å². The number of hydrogen-bond acceptors (Lipinski definition) is 6. The summed E-state index contributed by atoms with van der Waals surface area (Å²) in [7, 11) is 1.80. The topological polar surface area (TPSA) is 70.1 Å². The van der Waals surface area contributed by atoms with Crippen LogP contribution in [-0.4, -0.2) is 73.2 Å². The number of hydrogen-bond donors (Lipinski definition) is 1. The molecule has 1 N–H and O–H groups in total. The molecule has 1 saturated heterocycles. The Morgan fingerprint density at radius 3 is 2.62 bits per heavy atom. The lowest BCUT2D eigenvalue weighted by atomic mass is 10.3. The third-order valence-corrected chi connectivity index (χ3v) is 6.45. The molecule has 0 saturated carbocycles. The van der Waals surface area contributed by atoms with E-state index in [1.165, 1.54) is 9.75 Å². The first-order chi connectivity index (χ1) is 13.6. The van der Waals surface area contributed by atoms with Gasteiger partial charge in [-0.3, -0.25) is 4.99 Å². The van der Waals surface area contributed by atoms with E-state index < -0.39 is 0 Å². The Morgan fingerprint density at radius 2 is 2.00 bits per heavy atom. The highest BCUT2D eigenvalue weighted by Gasteiger charge is 2.23. The Labute approximate surface area is 197 Å². The first kappa shape index (κ1) is 23.9. The van der Waals surface area contributed by atoms with Gasteiger partial charge in [-0.15, -0.1) is 46.7 Å². The fraction of sp³-hybridized carbons (Fsp3) is 0.526. The number of amides is 1. The van der Waals surface area contributed by atoms with E-state index >= 15 is 0 Å². The zero-order valence-corrected chi connectivity index (χ0v) is 21.0. The van der Waals surface area contributed by atoms with Crippen molar-refractivity contribution in [1.82, 2.24) is 20.1 Å². The Bertz CT molecular complexity index is 815. The maximum atomic E-state index is 11.8. The molecular formula is C19H28IN5O2S2. The number of guanidine groups is 1. The van der Waals surface area contributed by atoms with Crippen LogP contribution in [0.15, 0.2) is 22.5 Å². The zero-order chi connectivity index (χ0) is 19.9. The molecule has 2 aromatic heterocycles. The maximum absolute atomic E-state index is 11.8. The molecule has 10 heteroatoms. The first-order valence-corrected chi connectivity index (χ1v) is 11.2. The third-order valence-electron chi connectivity index (χ3n) is 4.50. The lowest BCUT2D eigenvalue weighted by Crippen LogP contribution is -2.54. The Hall–Kier alpha value is -1.40. The molecule has 0 atom stereocenters. The molecule has 0 unspecified atom stereocenters. The van der Waals surface area contributed by atoms with Crippen LogP contribution in [0, 0.1) is 6.92 Å². The Kier molecular flexibility index (Phi) is 9.63. The summed E-state index contributed by atoms with van der Waals surface area (Å²) in [5, 5.41) is 6.65. The van der Waals surface area contributed by atoms with Crippen molar-refractivity contribution >= 4 is 58.7 Å². The van der Waals surface area contributed by atoms with E-state index in [0.717, 1.165) is 42.7 Å². The quantitative estimate of drug-likeness (QED) is 0.350. The normalized spacial score (nSPS) is 14.5. The van der Waals surface area contributed by atoms with Crippen molar-refractivity contribution in [3.63, 3.8) is 0 Å². The molecule has 0 aliphatic carbocycles. The van der Waals surface area contributed by atoms with Gasteiger partial charge in [0.15, 0.2) is 5.96 Å². The molecule has 2 aromatic rings. The molecule has 160 valence electrons. The molecule has 0 bridgehead atoms. The third kappa shape index (κ3) is 6.54. The second kappa shape index (κ2) is 11.7. The number of aromatic nitrogens is 1. The van der Waals surface area contributed by atoms with E-state index in [4.69, 9.17) is 4.74 Å². The average molecular weight is 550 g/mol. The van der Waals surface area contributed by atoms with Crippen LogP contribution in [0.3, 0.4) is 0 Å². The number of rotatable bonds is 5. The monoisotopic (exact) mass is 549 g/mol. The number of nitrogens with zero attached hydrogens (tertiary/aromatic N) is 4. The van der Waals surface area contributed by atoms with E-state index in [0.29, 0.717) is 19.7 Å². The van der Waals surface area contributed by atoms with Gasteiger partial charge in [0, 0.05) is 50.0 Å². The van der Waals surface area contributed by atoms with Gasteiger partial charge >= 0.3 is 6.09 Å². The Balaban J connectivity index is 0.00000300. The van der Waals surface area contributed by atoms with Crippen LogP contribution in [0.2, 0.25) is 0 Å². The predicted octanol–water partition coefficient (Wildman–Crippen LogP) is 3.69. The highest BCUT2D eigenvalue weighted by Crippen LogP contribution is 2.29. The number of thiophene rings is 1. The molecule has 0 spiro atoms. The fourth-order valence-corrected chi connectivity index (χ4v) is 4.73. The number of aryl methyl sites for hydroxylation is 1. The summed E-state index contributed by atoms with van der Waals surface area (Å²) in [6.07, 6.45) is 0.712. The number of nitrogens with one attached hydrogen (secondary N) is 1. The summed E-state index contributed by atoms with van der Waals surface area (Å²) in [5.74, 6) is 0.885. The van der Waals surface area contributed by atoms with Gasteiger partial charge in [0.1, 0.15) is 0 Å². The number of ether oxygens (including phenoxy) is 1. The number of thiazole rings is 1. The SMILES string of the molecule is CCOC(=O)N1CCN(C(=NC)NCCc2ccc(-c3csc(C)n3)s2)CC1.I. The number of aliphatic imine (C=N–C) groups is 1. The summed E-state index contributed by atoms with van der Waals surface area (Å²) >= 11 is 3.48. The van der Waals surface area contributed by atoms with Crippen LogP contribution in [0.4, 0.5) is 4.79 Å². The van der Waals surface area contributed by atoms with Crippen molar-refractivity contribution in [3.05, 3.63) is 27.4 Å². The maximum Gasteiger partial charge on any atom is 0.409 e. The smallest absolute Gasteiger partial charge is 0.409 e. The van der Waals surface area contributed by atoms with Crippen LogP contribution in [0.5, 0.6) is 0 Å². The minimum absolute atomic E-state index is 0. The van der Waals surface area contributed by atoms with E-state index in [-0.39, 0.29) is 30.1 Å². The minimum Gasteiger partial charge on any atom is -0.450 e. The van der Waals surface area contributed by atoms with Gasteiger partial charge < -0.3 is 19.9 Å². The van der Waals surface area contributed by atoms with Crippen LogP contribution in [0.25, 0.3) is 10.6 Å². The molecule has 3 rings (SSSR count). The lowest BCUT2D eigenvalue weighted by molar-refractivity contribution is 0.0915. The van der Waals surface area contributed by atoms with Gasteiger partial charge in [-0.1, -0.05) is 0 Å². The molecule has 29 heavy (non-hydrogen) atoms. The summed E-state index contributed by atoms with van der Waals surface area (Å²) in [4.78, 5) is 27.3. The Morgan fingerprint density at radius 1 is 1.28 bits per heavy atom. The van der Waals surface area contributed by atoms with Crippen LogP contribution < -0.4 is 5.32 Å². The van der Waals surface area contributed by atoms with Crippen molar-refractivity contribution in [3.8, 4) is 10.6 Å². The predicted molar refractivity (Wildman–Crippen MR) is 131 cm³/mol. The number of carbonyl (C=O) groups excluding carboxylic acids is 1. The molecular weight excluding hydrogens is 521 g/mol. The van der Waals surface area contributed by atoms with E-state index in [2.05, 4.69) is 37.7 Å².